The van der Waals surface area contributed by atoms with Gasteiger partial charge in [0, 0.05) is 50.4 Å². The summed E-state index contributed by atoms with van der Waals surface area (Å²) in [6.45, 7) is 0.746. The summed E-state index contributed by atoms with van der Waals surface area (Å²) in [6, 6.07) is 8.16. The molecule has 2 rings (SSSR count). The van der Waals surface area contributed by atoms with Crippen LogP contribution in [0.5, 0.6) is 11.8 Å². The minimum absolute atomic E-state index is 0.357. The Labute approximate surface area is 113 Å². The van der Waals surface area contributed by atoms with Gasteiger partial charge in [0.25, 0.3) is 0 Å². The Bertz CT molecular complexity index is 525. The Morgan fingerprint density at radius 2 is 1.95 bits per heavy atom. The van der Waals surface area contributed by atoms with E-state index >= 15 is 0 Å². The molecule has 0 amide bonds. The highest BCUT2D eigenvalue weighted by Crippen LogP contribution is 2.22. The minimum atomic E-state index is 0.357. The zero-order valence-corrected chi connectivity index (χ0v) is 11.4. The highest BCUT2D eigenvalue weighted by atomic mass is 16.5. The first-order valence-corrected chi connectivity index (χ1v) is 6.10. The Morgan fingerprint density at radius 3 is 2.58 bits per heavy atom. The molecular formula is C14H18N4O. The summed E-state index contributed by atoms with van der Waals surface area (Å²) in [7, 11) is 5.86. The van der Waals surface area contributed by atoms with Gasteiger partial charge in [-0.15, -0.1) is 0 Å². The van der Waals surface area contributed by atoms with Crippen LogP contribution in [-0.4, -0.2) is 31.1 Å². The lowest BCUT2D eigenvalue weighted by atomic mass is 10.3. The van der Waals surface area contributed by atoms with Gasteiger partial charge in [-0.1, -0.05) is 6.07 Å². The fraction of sp³-hybridized carbons (Fsp3) is 0.286. The molecule has 100 valence electrons. The van der Waals surface area contributed by atoms with Crippen LogP contribution in [0.3, 0.4) is 0 Å². The minimum Gasteiger partial charge on any atom is -0.424 e. The number of ether oxygens (including phenoxy) is 1. The number of hydrogen-bond acceptors (Lipinski definition) is 5. The Hall–Kier alpha value is -2.14. The zero-order valence-electron chi connectivity index (χ0n) is 11.4. The van der Waals surface area contributed by atoms with Crippen LogP contribution in [0.4, 0.5) is 5.69 Å². The van der Waals surface area contributed by atoms with Crippen LogP contribution in [0, 0.1) is 0 Å². The van der Waals surface area contributed by atoms with E-state index in [2.05, 4.69) is 15.3 Å². The summed E-state index contributed by atoms with van der Waals surface area (Å²) in [5.41, 5.74) is 2.10. The molecule has 0 aliphatic rings. The van der Waals surface area contributed by atoms with Crippen LogP contribution in [0.15, 0.2) is 36.7 Å². The molecule has 1 N–H and O–H groups in total. The van der Waals surface area contributed by atoms with Gasteiger partial charge in [0.2, 0.25) is 0 Å². The molecule has 0 aliphatic heterocycles. The molecule has 5 heteroatoms. The van der Waals surface area contributed by atoms with Crippen molar-refractivity contribution in [3.05, 3.63) is 42.2 Å². The summed E-state index contributed by atoms with van der Waals surface area (Å²) in [5, 5.41) is 3.05. The second kappa shape index (κ2) is 6.15. The summed E-state index contributed by atoms with van der Waals surface area (Å²) in [5.74, 6) is 0.729. The summed E-state index contributed by atoms with van der Waals surface area (Å²) >= 11 is 0. The molecule has 0 atom stereocenters. The molecule has 0 unspecified atom stereocenters. The van der Waals surface area contributed by atoms with Gasteiger partial charge in [0.15, 0.2) is 0 Å². The maximum atomic E-state index is 5.63. The van der Waals surface area contributed by atoms with Crippen molar-refractivity contribution in [3.63, 3.8) is 0 Å². The second-order valence-electron chi connectivity index (χ2n) is 4.40. The number of hydrogen-bond donors (Lipinski definition) is 1. The molecule has 1 aromatic carbocycles. The molecule has 1 aromatic heterocycles. The van der Waals surface area contributed by atoms with Crippen molar-refractivity contribution in [1.82, 2.24) is 15.3 Å². The highest BCUT2D eigenvalue weighted by molar-refractivity contribution is 5.49. The van der Waals surface area contributed by atoms with Crippen molar-refractivity contribution in [3.8, 4) is 11.8 Å². The standard InChI is InChI=1S/C14H18N4O/c1-15-8-11-9-16-14(17-10-11)19-13-6-4-5-12(7-13)18(2)3/h4-7,9-10,15H,8H2,1-3H3. The van der Waals surface area contributed by atoms with Crippen molar-refractivity contribution in [2.45, 2.75) is 6.54 Å². The number of nitrogens with zero attached hydrogens (tertiary/aromatic N) is 3. The lowest BCUT2D eigenvalue weighted by Gasteiger charge is -2.13. The number of anilines is 1. The number of rotatable bonds is 5. The van der Waals surface area contributed by atoms with Crippen molar-refractivity contribution in [2.24, 2.45) is 0 Å². The molecule has 0 aliphatic carbocycles. The van der Waals surface area contributed by atoms with E-state index in [0.29, 0.717) is 6.01 Å². The fourth-order valence-electron chi connectivity index (χ4n) is 1.62. The van der Waals surface area contributed by atoms with Crippen molar-refractivity contribution >= 4 is 5.69 Å². The molecule has 0 spiro atoms. The van der Waals surface area contributed by atoms with Crippen LogP contribution in [0.2, 0.25) is 0 Å². The van der Waals surface area contributed by atoms with Crippen molar-refractivity contribution in [1.29, 1.82) is 0 Å². The van der Waals surface area contributed by atoms with Crippen LogP contribution in [0.25, 0.3) is 0 Å². The monoisotopic (exact) mass is 258 g/mol. The smallest absolute Gasteiger partial charge is 0.321 e. The first kappa shape index (κ1) is 13.3. The van der Waals surface area contributed by atoms with E-state index < -0.39 is 0 Å². The first-order chi connectivity index (χ1) is 9.19. The summed E-state index contributed by atoms with van der Waals surface area (Å²) in [4.78, 5) is 10.4. The molecule has 0 fully saturated rings. The Kier molecular flexibility index (Phi) is 4.30. The van der Waals surface area contributed by atoms with E-state index in [1.165, 1.54) is 0 Å². The maximum Gasteiger partial charge on any atom is 0.321 e. The van der Waals surface area contributed by atoms with Gasteiger partial charge >= 0.3 is 6.01 Å². The normalized spacial score (nSPS) is 10.3. The largest absolute Gasteiger partial charge is 0.424 e. The van der Waals surface area contributed by atoms with E-state index in [1.54, 1.807) is 12.4 Å². The maximum absolute atomic E-state index is 5.63. The average Bonchev–Trinajstić information content (AvgIpc) is 2.42. The van der Waals surface area contributed by atoms with Crippen LogP contribution >= 0.6 is 0 Å². The lowest BCUT2D eigenvalue weighted by molar-refractivity contribution is 0.441. The Balaban J connectivity index is 2.10. The first-order valence-electron chi connectivity index (χ1n) is 6.10. The average molecular weight is 258 g/mol. The third kappa shape index (κ3) is 3.66. The van der Waals surface area contributed by atoms with E-state index in [0.717, 1.165) is 23.5 Å². The third-order valence-electron chi connectivity index (χ3n) is 2.61. The van der Waals surface area contributed by atoms with Gasteiger partial charge in [-0.05, 0) is 19.2 Å². The van der Waals surface area contributed by atoms with Gasteiger partial charge < -0.3 is 15.0 Å². The fourth-order valence-corrected chi connectivity index (χ4v) is 1.62. The quantitative estimate of drug-likeness (QED) is 0.889. The lowest BCUT2D eigenvalue weighted by Crippen LogP contribution is -2.08. The van der Waals surface area contributed by atoms with Gasteiger partial charge in [-0.3, -0.25) is 0 Å². The molecule has 0 radical (unpaired) electrons. The molecular weight excluding hydrogens is 240 g/mol. The Morgan fingerprint density at radius 1 is 1.21 bits per heavy atom. The molecule has 1 heterocycles. The summed E-state index contributed by atoms with van der Waals surface area (Å²) in [6.07, 6.45) is 3.52. The molecule has 0 bridgehead atoms. The van der Waals surface area contributed by atoms with Crippen molar-refractivity contribution < 1.29 is 4.74 Å². The second-order valence-corrected chi connectivity index (χ2v) is 4.40. The van der Waals surface area contributed by atoms with E-state index in [1.807, 2.05) is 50.3 Å². The van der Waals surface area contributed by atoms with Gasteiger partial charge in [0.05, 0.1) is 0 Å². The van der Waals surface area contributed by atoms with Crippen molar-refractivity contribution in [2.75, 3.05) is 26.0 Å². The molecule has 2 aromatic rings. The SMILES string of the molecule is CNCc1cnc(Oc2cccc(N(C)C)c2)nc1. The summed E-state index contributed by atoms with van der Waals surface area (Å²) < 4.78 is 5.63. The molecule has 0 saturated carbocycles. The zero-order chi connectivity index (χ0) is 13.7. The van der Waals surface area contributed by atoms with E-state index in [-0.39, 0.29) is 0 Å². The number of benzene rings is 1. The molecule has 5 nitrogen and oxygen atoms in total. The highest BCUT2D eigenvalue weighted by Gasteiger charge is 2.03. The van der Waals surface area contributed by atoms with E-state index in [4.69, 9.17) is 4.74 Å². The number of aromatic nitrogens is 2. The number of nitrogens with one attached hydrogen (secondary N) is 1. The van der Waals surface area contributed by atoms with Crippen LogP contribution < -0.4 is 15.0 Å². The predicted molar refractivity (Wildman–Crippen MR) is 75.6 cm³/mol. The van der Waals surface area contributed by atoms with E-state index in [9.17, 15) is 0 Å². The third-order valence-corrected chi connectivity index (χ3v) is 2.61. The van der Waals surface area contributed by atoms with Crippen LogP contribution in [0.1, 0.15) is 5.56 Å². The molecule has 19 heavy (non-hydrogen) atoms. The molecule has 0 saturated heterocycles. The predicted octanol–water partition coefficient (Wildman–Crippen LogP) is 2.05. The topological polar surface area (TPSA) is 50.3 Å². The van der Waals surface area contributed by atoms with Gasteiger partial charge in [0.1, 0.15) is 5.75 Å². The van der Waals surface area contributed by atoms with Gasteiger partial charge in [-0.25, -0.2) is 9.97 Å². The van der Waals surface area contributed by atoms with Crippen LogP contribution in [-0.2, 0) is 6.54 Å². The van der Waals surface area contributed by atoms with Gasteiger partial charge in [-0.2, -0.15) is 0 Å².